The molecule has 2 saturated carbocycles. The maximum Gasteiger partial charge on any atom is -0.00132 e. The Labute approximate surface area is 50.6 Å². The number of allylic oxidation sites excluding steroid dienone is 1. The topological polar surface area (TPSA) is 0 Å². The molecule has 0 aliphatic heterocycles. The van der Waals surface area contributed by atoms with Gasteiger partial charge in [-0.15, -0.1) is 0 Å². The SMILES string of the molecule is C=C1C2C(CC)C12C. The Balaban J connectivity index is 2.12. The second kappa shape index (κ2) is 0.896. The molecule has 0 heterocycles. The van der Waals surface area contributed by atoms with E-state index in [1.165, 1.54) is 12.0 Å². The molecule has 0 N–H and O–H groups in total. The second-order valence-corrected chi connectivity index (χ2v) is 3.30. The minimum atomic E-state index is 0.648. The molecule has 3 atom stereocenters. The molecule has 0 nitrogen and oxygen atoms in total. The van der Waals surface area contributed by atoms with Crippen molar-refractivity contribution in [3.63, 3.8) is 0 Å². The van der Waals surface area contributed by atoms with E-state index in [-0.39, 0.29) is 0 Å². The molecule has 44 valence electrons. The highest BCUT2D eigenvalue weighted by atomic mass is 14.8. The van der Waals surface area contributed by atoms with Crippen LogP contribution in [0.15, 0.2) is 12.2 Å². The summed E-state index contributed by atoms with van der Waals surface area (Å²) in [4.78, 5) is 0. The van der Waals surface area contributed by atoms with Crippen molar-refractivity contribution < 1.29 is 0 Å². The summed E-state index contributed by atoms with van der Waals surface area (Å²) in [7, 11) is 0. The fraction of sp³-hybridized carbons (Fsp3) is 0.750. The van der Waals surface area contributed by atoms with E-state index < -0.39 is 0 Å². The smallest absolute Gasteiger partial charge is 0.00132 e. The monoisotopic (exact) mass is 108 g/mol. The van der Waals surface area contributed by atoms with Crippen molar-refractivity contribution in [1.82, 2.24) is 0 Å². The molecule has 0 aromatic carbocycles. The van der Waals surface area contributed by atoms with Gasteiger partial charge in [0.25, 0.3) is 0 Å². The van der Waals surface area contributed by atoms with Crippen molar-refractivity contribution in [1.29, 1.82) is 0 Å². The maximum atomic E-state index is 3.97. The lowest BCUT2D eigenvalue weighted by atomic mass is 10.0. The molecule has 2 aliphatic carbocycles. The molecule has 0 radical (unpaired) electrons. The summed E-state index contributed by atoms with van der Waals surface area (Å²) in [6.07, 6.45) is 1.36. The molecule has 0 amide bonds. The Kier molecular flexibility index (Phi) is 0.516. The average molecular weight is 108 g/mol. The van der Waals surface area contributed by atoms with Crippen LogP contribution in [0.25, 0.3) is 0 Å². The third-order valence-corrected chi connectivity index (χ3v) is 3.13. The van der Waals surface area contributed by atoms with Crippen LogP contribution in [0, 0.1) is 17.3 Å². The number of hydrogen-bond donors (Lipinski definition) is 0. The minimum Gasteiger partial charge on any atom is -0.0990 e. The molecule has 3 unspecified atom stereocenters. The van der Waals surface area contributed by atoms with Gasteiger partial charge in [0.15, 0.2) is 0 Å². The Morgan fingerprint density at radius 1 is 1.75 bits per heavy atom. The van der Waals surface area contributed by atoms with Gasteiger partial charge in [-0.2, -0.15) is 0 Å². The van der Waals surface area contributed by atoms with Crippen LogP contribution in [0.4, 0.5) is 0 Å². The predicted octanol–water partition coefficient (Wildman–Crippen LogP) is 2.22. The van der Waals surface area contributed by atoms with Crippen LogP contribution in [0.5, 0.6) is 0 Å². The highest BCUT2D eigenvalue weighted by molar-refractivity contribution is 5.50. The van der Waals surface area contributed by atoms with Gasteiger partial charge in [0.1, 0.15) is 0 Å². The van der Waals surface area contributed by atoms with E-state index in [0.29, 0.717) is 5.41 Å². The summed E-state index contributed by atoms with van der Waals surface area (Å²) in [6.45, 7) is 8.58. The summed E-state index contributed by atoms with van der Waals surface area (Å²) in [5, 5.41) is 0. The van der Waals surface area contributed by atoms with Crippen LogP contribution in [-0.4, -0.2) is 0 Å². The van der Waals surface area contributed by atoms with E-state index in [9.17, 15) is 0 Å². The first-order valence-corrected chi connectivity index (χ1v) is 3.42. The van der Waals surface area contributed by atoms with Gasteiger partial charge < -0.3 is 0 Å². The normalized spacial score (nSPS) is 58.0. The number of rotatable bonds is 1. The van der Waals surface area contributed by atoms with Crippen LogP contribution in [0.1, 0.15) is 20.3 Å². The van der Waals surface area contributed by atoms with E-state index in [1.807, 2.05) is 0 Å². The molecule has 2 rings (SSSR count). The molecule has 0 heteroatoms. The fourth-order valence-electron chi connectivity index (χ4n) is 2.21. The fourth-order valence-corrected chi connectivity index (χ4v) is 2.21. The third-order valence-electron chi connectivity index (χ3n) is 3.13. The summed E-state index contributed by atoms with van der Waals surface area (Å²) in [6, 6.07) is 0. The van der Waals surface area contributed by atoms with Crippen molar-refractivity contribution in [3.05, 3.63) is 12.2 Å². The van der Waals surface area contributed by atoms with Gasteiger partial charge in [0.05, 0.1) is 0 Å². The Bertz CT molecular complexity index is 157. The first kappa shape index (κ1) is 4.60. The van der Waals surface area contributed by atoms with Crippen molar-refractivity contribution in [2.24, 2.45) is 17.3 Å². The standard InChI is InChI=1S/C8H12/c1-4-6-7-5(2)8(6,7)3/h6-7H,2,4H2,1,3H3. The lowest BCUT2D eigenvalue weighted by Gasteiger charge is -2.03. The van der Waals surface area contributed by atoms with Crippen molar-refractivity contribution in [2.75, 3.05) is 0 Å². The van der Waals surface area contributed by atoms with E-state index in [0.717, 1.165) is 11.8 Å². The quantitative estimate of drug-likeness (QED) is 0.452. The van der Waals surface area contributed by atoms with Crippen LogP contribution in [0.2, 0.25) is 0 Å². The highest BCUT2D eigenvalue weighted by Gasteiger charge is 2.77. The molecule has 0 aromatic rings. The number of fused-ring (bicyclic) bond motifs is 1. The lowest BCUT2D eigenvalue weighted by molar-refractivity contribution is 0.581. The van der Waals surface area contributed by atoms with Gasteiger partial charge in [-0.1, -0.05) is 32.4 Å². The highest BCUT2D eigenvalue weighted by Crippen LogP contribution is 2.83. The third kappa shape index (κ3) is 0.229. The zero-order valence-corrected chi connectivity index (χ0v) is 5.57. The Morgan fingerprint density at radius 2 is 2.25 bits per heavy atom. The van der Waals surface area contributed by atoms with E-state index >= 15 is 0 Å². The lowest BCUT2D eigenvalue weighted by Crippen LogP contribution is -1.93. The minimum absolute atomic E-state index is 0.648. The summed E-state index contributed by atoms with van der Waals surface area (Å²) in [5.41, 5.74) is 2.17. The predicted molar refractivity (Wildman–Crippen MR) is 34.5 cm³/mol. The molecule has 8 heavy (non-hydrogen) atoms. The summed E-state index contributed by atoms with van der Waals surface area (Å²) in [5.74, 6) is 1.97. The number of hydrogen-bond acceptors (Lipinski definition) is 0. The van der Waals surface area contributed by atoms with Crippen LogP contribution in [-0.2, 0) is 0 Å². The maximum absolute atomic E-state index is 3.97. The van der Waals surface area contributed by atoms with E-state index in [1.54, 1.807) is 0 Å². The zero-order chi connectivity index (χ0) is 5.94. The molecule has 0 aromatic heterocycles. The molecule has 2 fully saturated rings. The van der Waals surface area contributed by atoms with Gasteiger partial charge in [0.2, 0.25) is 0 Å². The molecular formula is C8H12. The van der Waals surface area contributed by atoms with E-state index in [2.05, 4.69) is 20.4 Å². The van der Waals surface area contributed by atoms with Gasteiger partial charge >= 0.3 is 0 Å². The van der Waals surface area contributed by atoms with Crippen LogP contribution >= 0.6 is 0 Å². The molecule has 0 saturated heterocycles. The zero-order valence-electron chi connectivity index (χ0n) is 5.57. The summed E-state index contributed by atoms with van der Waals surface area (Å²) >= 11 is 0. The van der Waals surface area contributed by atoms with Gasteiger partial charge in [-0.25, -0.2) is 0 Å². The van der Waals surface area contributed by atoms with Gasteiger partial charge in [-0.05, 0) is 17.3 Å². The Morgan fingerprint density at radius 3 is 2.38 bits per heavy atom. The van der Waals surface area contributed by atoms with Crippen molar-refractivity contribution in [3.8, 4) is 0 Å². The first-order valence-electron chi connectivity index (χ1n) is 3.42. The van der Waals surface area contributed by atoms with Gasteiger partial charge in [0, 0.05) is 0 Å². The molecular weight excluding hydrogens is 96.1 g/mol. The molecule has 2 aliphatic rings. The molecule has 0 bridgehead atoms. The van der Waals surface area contributed by atoms with Crippen molar-refractivity contribution >= 4 is 0 Å². The first-order chi connectivity index (χ1) is 3.73. The Hall–Kier alpha value is -0.260. The van der Waals surface area contributed by atoms with Crippen molar-refractivity contribution in [2.45, 2.75) is 20.3 Å². The van der Waals surface area contributed by atoms with Gasteiger partial charge in [-0.3, -0.25) is 0 Å². The van der Waals surface area contributed by atoms with Crippen LogP contribution < -0.4 is 0 Å². The molecule has 0 spiro atoms. The largest absolute Gasteiger partial charge is 0.0990 e. The summed E-state index contributed by atoms with van der Waals surface area (Å²) < 4.78 is 0. The average Bonchev–Trinajstić information content (AvgIpc) is 2.51. The van der Waals surface area contributed by atoms with E-state index in [4.69, 9.17) is 0 Å². The van der Waals surface area contributed by atoms with Crippen LogP contribution in [0.3, 0.4) is 0 Å². The second-order valence-electron chi connectivity index (χ2n) is 3.30.